The summed E-state index contributed by atoms with van der Waals surface area (Å²) in [6.07, 6.45) is 5.96. The zero-order valence-electron chi connectivity index (χ0n) is 25.7. The van der Waals surface area contributed by atoms with Crippen molar-refractivity contribution in [1.29, 1.82) is 0 Å². The van der Waals surface area contributed by atoms with Gasteiger partial charge >= 0.3 is 0 Å². The van der Waals surface area contributed by atoms with E-state index in [1.807, 2.05) is 43.5 Å². The molecule has 0 saturated carbocycles. The molecule has 5 heterocycles. The Hall–Kier alpha value is -5.10. The highest BCUT2D eigenvalue weighted by atomic mass is 16.4. The van der Waals surface area contributed by atoms with E-state index in [9.17, 15) is 15.4 Å². The summed E-state index contributed by atoms with van der Waals surface area (Å²) in [7, 11) is 0. The van der Waals surface area contributed by atoms with Gasteiger partial charge in [0.15, 0.2) is 16.9 Å². The van der Waals surface area contributed by atoms with Crippen molar-refractivity contribution < 1.29 is 19.8 Å². The van der Waals surface area contributed by atoms with Crippen LogP contribution in [0.5, 0.6) is 0 Å². The zero-order chi connectivity index (χ0) is 31.8. The normalized spacial score (nSPS) is 15.7. The van der Waals surface area contributed by atoms with Gasteiger partial charge in [-0.25, -0.2) is 9.97 Å². The summed E-state index contributed by atoms with van der Waals surface area (Å²) in [6, 6.07) is 18.0. The number of benzene rings is 2. The standard InChI is InChI=1S/C35H35N7O4/c1-21-26(5-3-7-28(21)35-39-32-30(46-35)11-14-42(15-16-43)34(32)40-45)27-6-4-8-29(22(27)2)38-33-31-24(9-12-36-33)17-23(18-37-31)19-41-13-10-25(44)20-41/h3-9,11-12,14,17-18,25,43-45H,10,13,15-16,19-20H2,1-2H3,(H,36,38)/b40-34-/t25-/m1/s1. The van der Waals surface area contributed by atoms with E-state index in [4.69, 9.17) is 14.4 Å². The number of rotatable bonds is 8. The van der Waals surface area contributed by atoms with E-state index < -0.39 is 0 Å². The van der Waals surface area contributed by atoms with Gasteiger partial charge in [-0.15, -0.1) is 0 Å². The molecule has 4 aromatic heterocycles. The van der Waals surface area contributed by atoms with Gasteiger partial charge in [-0.05, 0) is 78.4 Å². The minimum atomic E-state index is -0.248. The minimum absolute atomic E-state index is 0.100. The van der Waals surface area contributed by atoms with Crippen molar-refractivity contribution >= 4 is 33.5 Å². The van der Waals surface area contributed by atoms with Crippen LogP contribution in [0.3, 0.4) is 0 Å². The maximum absolute atomic E-state index is 9.89. The molecule has 1 aliphatic rings. The van der Waals surface area contributed by atoms with E-state index in [1.54, 1.807) is 23.0 Å². The van der Waals surface area contributed by atoms with Gasteiger partial charge in [-0.3, -0.25) is 9.88 Å². The van der Waals surface area contributed by atoms with Crippen LogP contribution < -0.4 is 10.8 Å². The maximum atomic E-state index is 9.89. The first-order valence-corrected chi connectivity index (χ1v) is 15.3. The molecule has 11 nitrogen and oxygen atoms in total. The number of anilines is 2. The Balaban J connectivity index is 1.20. The summed E-state index contributed by atoms with van der Waals surface area (Å²) < 4.78 is 7.75. The molecule has 234 valence electrons. The topological polar surface area (TPSA) is 145 Å². The molecule has 0 unspecified atom stereocenters. The monoisotopic (exact) mass is 617 g/mol. The van der Waals surface area contributed by atoms with E-state index in [0.717, 1.165) is 69.5 Å². The fraction of sp³-hybridized carbons (Fsp3) is 0.257. The molecule has 11 heteroatoms. The van der Waals surface area contributed by atoms with Gasteiger partial charge < -0.3 is 29.7 Å². The zero-order valence-corrected chi connectivity index (χ0v) is 25.7. The second kappa shape index (κ2) is 12.4. The fourth-order valence-electron chi connectivity index (χ4n) is 6.32. The van der Waals surface area contributed by atoms with Crippen molar-refractivity contribution in [3.63, 3.8) is 0 Å². The Morgan fingerprint density at radius 3 is 2.59 bits per heavy atom. The highest BCUT2D eigenvalue weighted by molar-refractivity contribution is 5.91. The van der Waals surface area contributed by atoms with Crippen LogP contribution in [0, 0.1) is 13.8 Å². The predicted molar refractivity (Wildman–Crippen MR) is 176 cm³/mol. The van der Waals surface area contributed by atoms with E-state index in [1.165, 1.54) is 0 Å². The number of nitrogens with one attached hydrogen (secondary N) is 1. The predicted octanol–water partition coefficient (Wildman–Crippen LogP) is 5.12. The van der Waals surface area contributed by atoms with Crippen LogP contribution in [0.15, 0.2) is 82.8 Å². The molecule has 0 aliphatic carbocycles. The number of fused-ring (bicyclic) bond motifs is 2. The lowest BCUT2D eigenvalue weighted by Crippen LogP contribution is -2.22. The van der Waals surface area contributed by atoms with Gasteiger partial charge in [0.2, 0.25) is 11.4 Å². The van der Waals surface area contributed by atoms with E-state index in [0.29, 0.717) is 29.4 Å². The Morgan fingerprint density at radius 2 is 1.80 bits per heavy atom. The highest BCUT2D eigenvalue weighted by Gasteiger charge is 2.21. The van der Waals surface area contributed by atoms with Gasteiger partial charge in [-0.2, -0.15) is 0 Å². The van der Waals surface area contributed by atoms with Crippen LogP contribution in [0.25, 0.3) is 44.6 Å². The highest BCUT2D eigenvalue weighted by Crippen LogP contribution is 2.37. The molecule has 6 aromatic rings. The van der Waals surface area contributed by atoms with Crippen LogP contribution in [-0.2, 0) is 13.1 Å². The lowest BCUT2D eigenvalue weighted by atomic mass is 9.93. The molecule has 7 rings (SSSR count). The Labute approximate surface area is 265 Å². The molecule has 0 amide bonds. The second-order valence-electron chi connectivity index (χ2n) is 11.7. The van der Waals surface area contributed by atoms with Crippen LogP contribution >= 0.6 is 0 Å². The van der Waals surface area contributed by atoms with Gasteiger partial charge in [0.05, 0.1) is 12.7 Å². The van der Waals surface area contributed by atoms with Crippen molar-refractivity contribution in [3.05, 3.63) is 95.4 Å². The minimum Gasteiger partial charge on any atom is -0.436 e. The van der Waals surface area contributed by atoms with Crippen LogP contribution in [0.1, 0.15) is 23.1 Å². The van der Waals surface area contributed by atoms with Gasteiger partial charge in [0.25, 0.3) is 0 Å². The third-order valence-corrected chi connectivity index (χ3v) is 8.73. The van der Waals surface area contributed by atoms with Crippen molar-refractivity contribution in [2.75, 3.05) is 25.0 Å². The molecule has 0 spiro atoms. The lowest BCUT2D eigenvalue weighted by Gasteiger charge is -2.17. The third kappa shape index (κ3) is 5.49. The number of β-amino-alcohol motifs (C(OH)–C–C–N with tert-alkyl or cyclic N) is 1. The SMILES string of the molecule is Cc1c(Nc2nccc3cc(CN4CC[C@@H](O)C4)cnc23)cccc1-c1cccc(-c2nc3/c(=N/O)n(CCO)ccc3o2)c1C. The van der Waals surface area contributed by atoms with Crippen LogP contribution in [0.4, 0.5) is 11.5 Å². The fourth-order valence-corrected chi connectivity index (χ4v) is 6.32. The third-order valence-electron chi connectivity index (χ3n) is 8.73. The largest absolute Gasteiger partial charge is 0.436 e. The number of aliphatic hydroxyl groups excluding tert-OH is 2. The molecule has 1 aliphatic heterocycles. The quantitative estimate of drug-likeness (QED) is 0.135. The summed E-state index contributed by atoms with van der Waals surface area (Å²) in [6.45, 7) is 6.64. The van der Waals surface area contributed by atoms with Crippen molar-refractivity contribution in [3.8, 4) is 22.6 Å². The molecule has 1 saturated heterocycles. The molecule has 46 heavy (non-hydrogen) atoms. The van der Waals surface area contributed by atoms with Gasteiger partial charge in [-0.1, -0.05) is 29.4 Å². The molecule has 1 fully saturated rings. The summed E-state index contributed by atoms with van der Waals surface area (Å²) in [4.78, 5) is 16.4. The van der Waals surface area contributed by atoms with Gasteiger partial charge in [0.1, 0.15) is 5.52 Å². The van der Waals surface area contributed by atoms with Crippen molar-refractivity contribution in [2.45, 2.75) is 39.5 Å². The number of hydrogen-bond acceptors (Lipinski definition) is 10. The summed E-state index contributed by atoms with van der Waals surface area (Å²) in [5, 5.41) is 36.9. The number of aliphatic hydroxyl groups is 2. The molecule has 2 aromatic carbocycles. The molecular formula is C35H35N7O4. The van der Waals surface area contributed by atoms with Crippen molar-refractivity contribution in [1.82, 2.24) is 24.4 Å². The average molecular weight is 618 g/mol. The first kappa shape index (κ1) is 29.6. The smallest absolute Gasteiger partial charge is 0.227 e. The van der Waals surface area contributed by atoms with Crippen molar-refractivity contribution in [2.24, 2.45) is 5.16 Å². The average Bonchev–Trinajstić information content (AvgIpc) is 3.68. The number of hydrogen-bond donors (Lipinski definition) is 4. The van der Waals surface area contributed by atoms with E-state index in [-0.39, 0.29) is 24.7 Å². The summed E-state index contributed by atoms with van der Waals surface area (Å²) in [5.74, 6) is 1.10. The van der Waals surface area contributed by atoms with E-state index >= 15 is 0 Å². The van der Waals surface area contributed by atoms with Crippen LogP contribution in [0.2, 0.25) is 0 Å². The Bertz CT molecular complexity index is 2140. The molecule has 1 atom stereocenters. The first-order valence-electron chi connectivity index (χ1n) is 15.3. The molecule has 4 N–H and O–H groups in total. The summed E-state index contributed by atoms with van der Waals surface area (Å²) in [5.41, 5.74) is 8.90. The number of likely N-dealkylation sites (tertiary alicyclic amines) is 1. The first-order chi connectivity index (χ1) is 22.4. The maximum Gasteiger partial charge on any atom is 0.227 e. The van der Waals surface area contributed by atoms with Crippen LogP contribution in [-0.4, -0.2) is 65.6 Å². The molecule has 0 bridgehead atoms. The van der Waals surface area contributed by atoms with E-state index in [2.05, 4.69) is 45.5 Å². The number of pyridine rings is 3. The number of oxazole rings is 1. The molecule has 0 radical (unpaired) electrons. The Morgan fingerprint density at radius 1 is 1.00 bits per heavy atom. The second-order valence-corrected chi connectivity index (χ2v) is 11.7. The van der Waals surface area contributed by atoms with Gasteiger partial charge in [0, 0.05) is 61.4 Å². The number of aromatic nitrogens is 4. The number of nitrogens with zero attached hydrogens (tertiary/aromatic N) is 6. The summed E-state index contributed by atoms with van der Waals surface area (Å²) >= 11 is 0. The lowest BCUT2D eigenvalue weighted by molar-refractivity contribution is 0.175. The Kier molecular flexibility index (Phi) is 7.95. The molecular weight excluding hydrogens is 582 g/mol.